The number of amides is 3. The van der Waals surface area contributed by atoms with Crippen LogP contribution in [0.4, 0.5) is 17.6 Å². The van der Waals surface area contributed by atoms with Crippen molar-refractivity contribution in [3.63, 3.8) is 0 Å². The molecule has 37 heavy (non-hydrogen) atoms. The van der Waals surface area contributed by atoms with Crippen molar-refractivity contribution in [3.8, 4) is 6.07 Å². The van der Waals surface area contributed by atoms with Crippen LogP contribution >= 0.6 is 0 Å². The first kappa shape index (κ1) is 25.0. The van der Waals surface area contributed by atoms with Crippen LogP contribution < -0.4 is 10.6 Å². The number of nitriles is 1. The number of hydrogen-bond acceptors (Lipinski definition) is 4. The van der Waals surface area contributed by atoms with E-state index in [1.807, 2.05) is 6.07 Å². The van der Waals surface area contributed by atoms with Crippen LogP contribution in [0.1, 0.15) is 54.6 Å². The summed E-state index contributed by atoms with van der Waals surface area (Å²) in [6.45, 7) is 0.453. The van der Waals surface area contributed by atoms with Gasteiger partial charge in [-0.05, 0) is 37.8 Å². The highest BCUT2D eigenvalue weighted by atomic mass is 19.3. The molecule has 1 saturated carbocycles. The van der Waals surface area contributed by atoms with E-state index in [-0.39, 0.29) is 47.3 Å². The van der Waals surface area contributed by atoms with Gasteiger partial charge in [0.2, 0.25) is 11.8 Å². The second kappa shape index (κ2) is 9.36. The molecule has 2 aromatic rings. The quantitative estimate of drug-likeness (QED) is 0.508. The zero-order valence-corrected chi connectivity index (χ0v) is 19.6. The van der Waals surface area contributed by atoms with Crippen molar-refractivity contribution in [1.29, 1.82) is 5.26 Å². The molecule has 5 atom stereocenters. The van der Waals surface area contributed by atoms with E-state index >= 15 is 0 Å². The fraction of sp³-hybridized carbons (Fsp3) is 0.520. The Hall–Kier alpha value is -3.62. The minimum absolute atomic E-state index is 0.0179. The highest BCUT2D eigenvalue weighted by Gasteiger charge is 2.60. The predicted octanol–water partition coefficient (Wildman–Crippen LogP) is 3.27. The van der Waals surface area contributed by atoms with Crippen LogP contribution in [-0.4, -0.2) is 58.2 Å². The van der Waals surface area contributed by atoms with E-state index in [0.29, 0.717) is 13.0 Å². The SMILES string of the molecule is N#C[C@@H](C[C@H]1CCNC1=O)NC(=O)[C@@H]1[C@H]2CC[C@H](CC2(F)F)N1C(=O)c1cc2c(C(F)F)cccc2[nH]1. The Kier molecular flexibility index (Phi) is 6.33. The fourth-order valence-electron chi connectivity index (χ4n) is 5.98. The number of rotatable bonds is 6. The van der Waals surface area contributed by atoms with E-state index in [1.54, 1.807) is 0 Å². The first-order valence-electron chi connectivity index (χ1n) is 12.2. The van der Waals surface area contributed by atoms with Crippen LogP contribution in [0, 0.1) is 23.2 Å². The summed E-state index contributed by atoms with van der Waals surface area (Å²) in [5.41, 5.74) is -0.0770. The number of H-pyrrole nitrogens is 1. The first-order chi connectivity index (χ1) is 17.6. The third kappa shape index (κ3) is 4.40. The summed E-state index contributed by atoms with van der Waals surface area (Å²) < 4.78 is 56.8. The first-order valence-corrected chi connectivity index (χ1v) is 12.2. The predicted molar refractivity (Wildman–Crippen MR) is 123 cm³/mol. The molecule has 3 amide bonds. The Balaban J connectivity index is 1.44. The summed E-state index contributed by atoms with van der Waals surface area (Å²) >= 11 is 0. The Morgan fingerprint density at radius 2 is 2.03 bits per heavy atom. The van der Waals surface area contributed by atoms with Gasteiger partial charge in [0.15, 0.2) is 0 Å². The number of nitrogens with one attached hydrogen (secondary N) is 3. The molecule has 1 aromatic carbocycles. The molecule has 0 spiro atoms. The Morgan fingerprint density at radius 1 is 1.24 bits per heavy atom. The molecule has 2 bridgehead atoms. The van der Waals surface area contributed by atoms with Gasteiger partial charge in [0.1, 0.15) is 17.8 Å². The van der Waals surface area contributed by atoms with E-state index in [9.17, 15) is 37.2 Å². The van der Waals surface area contributed by atoms with E-state index in [2.05, 4.69) is 15.6 Å². The molecule has 0 unspecified atom stereocenters. The van der Waals surface area contributed by atoms with Crippen LogP contribution in [0.15, 0.2) is 24.3 Å². The number of aromatic nitrogens is 1. The Morgan fingerprint density at radius 3 is 2.68 bits per heavy atom. The molecule has 8 nitrogen and oxygen atoms in total. The Labute approximate surface area is 209 Å². The van der Waals surface area contributed by atoms with Crippen LogP contribution in [0.25, 0.3) is 10.9 Å². The molecule has 4 aliphatic rings. The third-order valence-electron chi connectivity index (χ3n) is 7.76. The molecule has 6 rings (SSSR count). The lowest BCUT2D eigenvalue weighted by atomic mass is 9.71. The molecule has 1 aromatic heterocycles. The van der Waals surface area contributed by atoms with Crippen molar-refractivity contribution in [3.05, 3.63) is 35.5 Å². The number of aromatic amines is 1. The zero-order chi connectivity index (χ0) is 26.5. The maximum Gasteiger partial charge on any atom is 0.271 e. The minimum Gasteiger partial charge on any atom is -0.356 e. The maximum absolute atomic E-state index is 14.9. The number of hydrogen-bond donors (Lipinski definition) is 3. The van der Waals surface area contributed by atoms with Gasteiger partial charge in [0.05, 0.1) is 12.0 Å². The summed E-state index contributed by atoms with van der Waals surface area (Å²) in [5.74, 6) is -7.02. The lowest BCUT2D eigenvalue weighted by Gasteiger charge is -2.53. The van der Waals surface area contributed by atoms with Crippen molar-refractivity contribution in [2.45, 2.75) is 62.6 Å². The maximum atomic E-state index is 14.9. The molecular weight excluding hydrogens is 494 g/mol. The summed E-state index contributed by atoms with van der Waals surface area (Å²) in [4.78, 5) is 42.8. The van der Waals surface area contributed by atoms with Gasteiger partial charge in [0, 0.05) is 41.4 Å². The largest absolute Gasteiger partial charge is 0.356 e. The van der Waals surface area contributed by atoms with E-state index < -0.39 is 60.5 Å². The molecule has 0 radical (unpaired) electrons. The minimum atomic E-state index is -3.20. The Bertz CT molecular complexity index is 1290. The van der Waals surface area contributed by atoms with E-state index in [0.717, 1.165) is 4.90 Å². The molecular formula is C25H25F4N5O3. The third-order valence-corrected chi connectivity index (χ3v) is 7.76. The average Bonchev–Trinajstić information content (AvgIpc) is 3.47. The number of benzene rings is 1. The molecule has 3 saturated heterocycles. The topological polar surface area (TPSA) is 118 Å². The smallest absolute Gasteiger partial charge is 0.271 e. The monoisotopic (exact) mass is 519 g/mol. The van der Waals surface area contributed by atoms with Gasteiger partial charge in [0.25, 0.3) is 18.3 Å². The van der Waals surface area contributed by atoms with Crippen LogP contribution in [0.2, 0.25) is 0 Å². The molecule has 4 fully saturated rings. The van der Waals surface area contributed by atoms with Gasteiger partial charge < -0.3 is 20.5 Å². The second-order valence-corrected chi connectivity index (χ2v) is 9.95. The highest BCUT2D eigenvalue weighted by Crippen LogP contribution is 2.49. The van der Waals surface area contributed by atoms with Gasteiger partial charge in [-0.15, -0.1) is 0 Å². The van der Waals surface area contributed by atoms with E-state index in [1.165, 1.54) is 24.3 Å². The normalized spacial score (nSPS) is 27.2. The number of carbonyl (C=O) groups excluding carboxylic acids is 3. The highest BCUT2D eigenvalue weighted by molar-refractivity contribution is 6.01. The van der Waals surface area contributed by atoms with Gasteiger partial charge >= 0.3 is 0 Å². The van der Waals surface area contributed by atoms with Gasteiger partial charge in [-0.2, -0.15) is 5.26 Å². The molecule has 12 heteroatoms. The second-order valence-electron chi connectivity index (χ2n) is 9.95. The number of fused-ring (bicyclic) bond motifs is 4. The van der Waals surface area contributed by atoms with Crippen LogP contribution in [-0.2, 0) is 9.59 Å². The van der Waals surface area contributed by atoms with Gasteiger partial charge in [-0.3, -0.25) is 14.4 Å². The molecule has 3 N–H and O–H groups in total. The van der Waals surface area contributed by atoms with Gasteiger partial charge in [-0.1, -0.05) is 12.1 Å². The van der Waals surface area contributed by atoms with Crippen molar-refractivity contribution in [1.82, 2.24) is 20.5 Å². The van der Waals surface area contributed by atoms with Crippen molar-refractivity contribution in [2.24, 2.45) is 11.8 Å². The molecule has 196 valence electrons. The standard InChI is InChI=1S/C25H25F4N5O3/c26-21(27)15-2-1-3-18-16(15)9-19(33-18)24(37)34-14-4-5-17(25(28,29)10-14)20(34)23(36)32-13(11-30)8-12-6-7-31-22(12)35/h1-3,9,12-14,17,20-21,33H,4-8,10H2,(H,31,35)(H,32,36)/t12-,13-,14-,17-,20+/m1/s1. The van der Waals surface area contributed by atoms with Gasteiger partial charge in [-0.25, -0.2) is 17.6 Å². The van der Waals surface area contributed by atoms with Crippen LogP contribution in [0.5, 0.6) is 0 Å². The summed E-state index contributed by atoms with van der Waals surface area (Å²) in [5, 5.41) is 14.8. The van der Waals surface area contributed by atoms with Crippen molar-refractivity contribution in [2.75, 3.05) is 6.54 Å². The lowest BCUT2D eigenvalue weighted by molar-refractivity contribution is -0.179. The number of piperidine rings is 2. The summed E-state index contributed by atoms with van der Waals surface area (Å²) in [6, 6.07) is 3.75. The number of carbonyl (C=O) groups is 3. The summed E-state index contributed by atoms with van der Waals surface area (Å²) in [6.07, 6.45) is -2.59. The molecule has 3 aliphatic heterocycles. The lowest BCUT2D eigenvalue weighted by Crippen LogP contribution is -2.68. The number of nitrogens with zero attached hydrogens (tertiary/aromatic N) is 2. The van der Waals surface area contributed by atoms with E-state index in [4.69, 9.17) is 0 Å². The molecule has 4 heterocycles. The summed E-state index contributed by atoms with van der Waals surface area (Å²) in [7, 11) is 0. The number of halogens is 4. The van der Waals surface area contributed by atoms with Crippen molar-refractivity contribution >= 4 is 28.6 Å². The zero-order valence-electron chi connectivity index (χ0n) is 19.6. The molecule has 1 aliphatic carbocycles. The average molecular weight is 519 g/mol. The number of alkyl halides is 4. The van der Waals surface area contributed by atoms with Crippen LogP contribution in [0.3, 0.4) is 0 Å². The fourth-order valence-corrected chi connectivity index (χ4v) is 5.98. The van der Waals surface area contributed by atoms with Crippen molar-refractivity contribution < 1.29 is 31.9 Å².